The summed E-state index contributed by atoms with van der Waals surface area (Å²) in [7, 11) is 0. The number of nitrogens with one attached hydrogen (secondary N) is 1. The molecule has 0 spiro atoms. The molecular weight excluding hydrogens is 266 g/mol. The van der Waals surface area contributed by atoms with Crippen LogP contribution in [0.1, 0.15) is 46.1 Å². The first-order valence-electron chi connectivity index (χ1n) is 7.22. The van der Waals surface area contributed by atoms with Gasteiger partial charge >= 0.3 is 5.97 Å². The number of carboxylic acid groups (broad SMARTS) is 1. The Labute approximate surface area is 125 Å². The maximum absolute atomic E-state index is 12.4. The molecule has 2 N–H and O–H groups in total. The summed E-state index contributed by atoms with van der Waals surface area (Å²) < 4.78 is 0. The number of hydrogen-bond donors (Lipinski definition) is 2. The van der Waals surface area contributed by atoms with E-state index in [4.69, 9.17) is 5.11 Å². The molecule has 4 nitrogen and oxygen atoms in total. The molecule has 1 aliphatic rings. The number of aliphatic carboxylic acids is 1. The van der Waals surface area contributed by atoms with E-state index in [1.807, 2.05) is 0 Å². The molecule has 1 fully saturated rings. The van der Waals surface area contributed by atoms with Gasteiger partial charge in [0.25, 0.3) is 0 Å². The van der Waals surface area contributed by atoms with Crippen LogP contribution in [-0.2, 0) is 9.59 Å². The standard InChI is InChI=1S/C17H23NO3/c1-10(15(20)21)11-7-6-8-12(9-11)18-14(19)13-16(2,3)17(13,4)5/h6-10,13H,1-5H3,(H,18,19)(H,20,21). The van der Waals surface area contributed by atoms with Crippen LogP contribution in [0.25, 0.3) is 0 Å². The van der Waals surface area contributed by atoms with Crippen molar-refractivity contribution in [3.8, 4) is 0 Å². The van der Waals surface area contributed by atoms with Gasteiger partial charge < -0.3 is 10.4 Å². The number of carbonyl (C=O) groups is 2. The normalized spacial score (nSPS) is 20.6. The summed E-state index contributed by atoms with van der Waals surface area (Å²) in [6.07, 6.45) is 0. The lowest BCUT2D eigenvalue weighted by Crippen LogP contribution is -2.18. The first-order chi connectivity index (χ1) is 9.59. The number of amides is 1. The van der Waals surface area contributed by atoms with Crippen LogP contribution in [0, 0.1) is 16.7 Å². The Morgan fingerprint density at radius 1 is 1.19 bits per heavy atom. The van der Waals surface area contributed by atoms with Crippen molar-refractivity contribution < 1.29 is 14.7 Å². The minimum absolute atomic E-state index is 0.00475. The Balaban J connectivity index is 2.13. The lowest BCUT2D eigenvalue weighted by molar-refractivity contribution is -0.138. The molecule has 0 aliphatic heterocycles. The van der Waals surface area contributed by atoms with Gasteiger partial charge in [-0.05, 0) is 35.4 Å². The quantitative estimate of drug-likeness (QED) is 0.891. The Morgan fingerprint density at radius 3 is 2.24 bits per heavy atom. The molecule has 0 bridgehead atoms. The summed E-state index contributed by atoms with van der Waals surface area (Å²) in [5.41, 5.74) is 1.32. The molecule has 1 saturated carbocycles. The zero-order chi connectivity index (χ0) is 16.0. The van der Waals surface area contributed by atoms with Gasteiger partial charge in [0.05, 0.1) is 5.92 Å². The zero-order valence-electron chi connectivity index (χ0n) is 13.2. The number of benzene rings is 1. The maximum atomic E-state index is 12.4. The van der Waals surface area contributed by atoms with E-state index in [9.17, 15) is 9.59 Å². The highest BCUT2D eigenvalue weighted by Gasteiger charge is 2.68. The Kier molecular flexibility index (Phi) is 3.60. The van der Waals surface area contributed by atoms with Crippen LogP contribution < -0.4 is 5.32 Å². The fourth-order valence-corrected chi connectivity index (χ4v) is 3.09. The van der Waals surface area contributed by atoms with Crippen molar-refractivity contribution in [1.29, 1.82) is 0 Å². The fraction of sp³-hybridized carbons (Fsp3) is 0.529. The molecule has 0 radical (unpaired) electrons. The summed E-state index contributed by atoms with van der Waals surface area (Å²) in [5.74, 6) is -1.48. The molecule has 1 aromatic carbocycles. The highest BCUT2D eigenvalue weighted by Crippen LogP contribution is 2.68. The molecule has 1 aromatic rings. The number of carboxylic acids is 1. The smallest absolute Gasteiger partial charge is 0.310 e. The van der Waals surface area contributed by atoms with Gasteiger partial charge in [-0.25, -0.2) is 0 Å². The first-order valence-corrected chi connectivity index (χ1v) is 7.22. The molecule has 21 heavy (non-hydrogen) atoms. The van der Waals surface area contributed by atoms with E-state index in [2.05, 4.69) is 33.0 Å². The molecular formula is C17H23NO3. The second-order valence-corrected chi connectivity index (χ2v) is 7.05. The van der Waals surface area contributed by atoms with Crippen LogP contribution >= 0.6 is 0 Å². The first kappa shape index (κ1) is 15.5. The van der Waals surface area contributed by atoms with Crippen LogP contribution in [-0.4, -0.2) is 17.0 Å². The van der Waals surface area contributed by atoms with Gasteiger partial charge in [0.15, 0.2) is 0 Å². The molecule has 1 aliphatic carbocycles. The number of anilines is 1. The van der Waals surface area contributed by atoms with Gasteiger partial charge in [0, 0.05) is 11.6 Å². The monoisotopic (exact) mass is 289 g/mol. The second kappa shape index (κ2) is 4.86. The van der Waals surface area contributed by atoms with E-state index >= 15 is 0 Å². The topological polar surface area (TPSA) is 66.4 Å². The summed E-state index contributed by atoms with van der Waals surface area (Å²) in [4.78, 5) is 23.4. The fourth-order valence-electron chi connectivity index (χ4n) is 3.09. The Bertz CT molecular complexity index is 575. The van der Waals surface area contributed by atoms with Crippen molar-refractivity contribution in [2.24, 2.45) is 16.7 Å². The molecule has 4 heteroatoms. The lowest BCUT2D eigenvalue weighted by Gasteiger charge is -2.10. The molecule has 0 saturated heterocycles. The van der Waals surface area contributed by atoms with Gasteiger partial charge in [0.2, 0.25) is 5.91 Å². The van der Waals surface area contributed by atoms with E-state index in [0.29, 0.717) is 11.3 Å². The van der Waals surface area contributed by atoms with Crippen molar-refractivity contribution >= 4 is 17.6 Å². The highest BCUT2D eigenvalue weighted by atomic mass is 16.4. The zero-order valence-corrected chi connectivity index (χ0v) is 13.2. The molecule has 114 valence electrons. The third-order valence-electron chi connectivity index (χ3n) is 5.31. The van der Waals surface area contributed by atoms with E-state index in [1.165, 1.54) is 0 Å². The van der Waals surface area contributed by atoms with Crippen molar-refractivity contribution in [3.05, 3.63) is 29.8 Å². The average Bonchev–Trinajstić information content (AvgIpc) is 2.78. The summed E-state index contributed by atoms with van der Waals surface area (Å²) >= 11 is 0. The van der Waals surface area contributed by atoms with E-state index in [0.717, 1.165) is 0 Å². The second-order valence-electron chi connectivity index (χ2n) is 7.05. The van der Waals surface area contributed by atoms with Crippen LogP contribution in [0.3, 0.4) is 0 Å². The Morgan fingerprint density at radius 2 is 1.76 bits per heavy atom. The third-order valence-corrected chi connectivity index (χ3v) is 5.31. The summed E-state index contributed by atoms with van der Waals surface area (Å²) in [6.45, 7) is 10.0. The third kappa shape index (κ3) is 2.55. The lowest BCUT2D eigenvalue weighted by atomic mass is 10.0. The van der Waals surface area contributed by atoms with E-state index in [1.54, 1.807) is 31.2 Å². The van der Waals surface area contributed by atoms with Crippen molar-refractivity contribution in [2.75, 3.05) is 5.32 Å². The minimum atomic E-state index is -0.872. The van der Waals surface area contributed by atoms with Gasteiger partial charge in [0.1, 0.15) is 0 Å². The van der Waals surface area contributed by atoms with Crippen LogP contribution in [0.4, 0.5) is 5.69 Å². The largest absolute Gasteiger partial charge is 0.481 e. The molecule has 1 amide bonds. The van der Waals surface area contributed by atoms with Crippen molar-refractivity contribution in [3.63, 3.8) is 0 Å². The van der Waals surface area contributed by atoms with E-state index in [-0.39, 0.29) is 22.7 Å². The van der Waals surface area contributed by atoms with Gasteiger partial charge in [-0.15, -0.1) is 0 Å². The van der Waals surface area contributed by atoms with Crippen molar-refractivity contribution in [2.45, 2.75) is 40.5 Å². The van der Waals surface area contributed by atoms with Crippen molar-refractivity contribution in [1.82, 2.24) is 0 Å². The van der Waals surface area contributed by atoms with Crippen LogP contribution in [0.15, 0.2) is 24.3 Å². The number of rotatable bonds is 4. The average molecular weight is 289 g/mol. The number of carbonyl (C=O) groups excluding carboxylic acids is 1. The maximum Gasteiger partial charge on any atom is 0.310 e. The van der Waals surface area contributed by atoms with Gasteiger partial charge in [-0.2, -0.15) is 0 Å². The van der Waals surface area contributed by atoms with Crippen LogP contribution in [0.5, 0.6) is 0 Å². The summed E-state index contributed by atoms with van der Waals surface area (Å²) in [6, 6.07) is 7.06. The van der Waals surface area contributed by atoms with E-state index < -0.39 is 11.9 Å². The molecule has 1 unspecified atom stereocenters. The predicted octanol–water partition coefficient (Wildman–Crippen LogP) is 3.50. The highest BCUT2D eigenvalue weighted by molar-refractivity contribution is 5.96. The predicted molar refractivity (Wildman–Crippen MR) is 82.2 cm³/mol. The molecule has 0 heterocycles. The van der Waals surface area contributed by atoms with Gasteiger partial charge in [-0.3, -0.25) is 9.59 Å². The molecule has 1 atom stereocenters. The van der Waals surface area contributed by atoms with Gasteiger partial charge in [-0.1, -0.05) is 39.8 Å². The Hall–Kier alpha value is -1.84. The molecule has 2 rings (SSSR count). The minimum Gasteiger partial charge on any atom is -0.481 e. The molecule has 0 aromatic heterocycles. The summed E-state index contributed by atoms with van der Waals surface area (Å²) in [5, 5.41) is 12.0. The SMILES string of the molecule is CC(C(=O)O)c1cccc(NC(=O)C2C(C)(C)C2(C)C)c1. The number of hydrogen-bond acceptors (Lipinski definition) is 2. The van der Waals surface area contributed by atoms with Crippen LogP contribution in [0.2, 0.25) is 0 Å².